The van der Waals surface area contributed by atoms with Gasteiger partial charge in [0.05, 0.1) is 13.7 Å². The highest BCUT2D eigenvalue weighted by molar-refractivity contribution is 6.29. The van der Waals surface area contributed by atoms with E-state index in [1.807, 2.05) is 0 Å². The topological polar surface area (TPSA) is 38.3 Å². The van der Waals surface area contributed by atoms with Crippen LogP contribution in [0.2, 0.25) is 0 Å². The van der Waals surface area contributed by atoms with E-state index in [0.717, 1.165) is 0 Å². The van der Waals surface area contributed by atoms with Crippen LogP contribution in [0.25, 0.3) is 0 Å². The molecular weight excluding hydrogens is 233 g/mol. The highest BCUT2D eigenvalue weighted by atomic mass is 35.5. The van der Waals surface area contributed by atoms with Crippen LogP contribution in [0.1, 0.15) is 10.4 Å². The zero-order valence-electron chi connectivity index (χ0n) is 8.72. The van der Waals surface area contributed by atoms with Crippen molar-refractivity contribution in [3.05, 3.63) is 41.2 Å². The third-order valence-electron chi connectivity index (χ3n) is 1.86. The van der Waals surface area contributed by atoms with Crippen molar-refractivity contribution in [2.45, 2.75) is 0 Å². The summed E-state index contributed by atoms with van der Waals surface area (Å²) in [6.07, 6.45) is 0. The van der Waals surface area contributed by atoms with Gasteiger partial charge in [-0.3, -0.25) is 4.79 Å². The summed E-state index contributed by atoms with van der Waals surface area (Å²) < 4.78 is 18.3. The van der Waals surface area contributed by atoms with Crippen LogP contribution in [0.5, 0.6) is 5.75 Å². The molecule has 0 unspecified atom stereocenters. The van der Waals surface area contributed by atoms with Crippen molar-refractivity contribution in [2.24, 2.45) is 0 Å². The zero-order chi connectivity index (χ0) is 12.1. The second-order valence-corrected chi connectivity index (χ2v) is 3.55. The Labute approximate surface area is 97.9 Å². The van der Waals surface area contributed by atoms with Gasteiger partial charge in [-0.15, -0.1) is 0 Å². The van der Waals surface area contributed by atoms with Crippen LogP contribution in [-0.2, 0) is 0 Å². The SMILES string of the molecule is C=C(Cl)CNC(=O)c1c(F)cccc1OC. The van der Waals surface area contributed by atoms with E-state index < -0.39 is 11.7 Å². The molecule has 1 N–H and O–H groups in total. The third kappa shape index (κ3) is 2.97. The first-order chi connectivity index (χ1) is 7.56. The number of hydrogen-bond acceptors (Lipinski definition) is 2. The number of hydrogen-bond donors (Lipinski definition) is 1. The molecule has 0 aliphatic heterocycles. The summed E-state index contributed by atoms with van der Waals surface area (Å²) in [6.45, 7) is 3.49. The van der Waals surface area contributed by atoms with E-state index in [1.54, 1.807) is 0 Å². The van der Waals surface area contributed by atoms with Crippen molar-refractivity contribution in [1.29, 1.82) is 0 Å². The maximum absolute atomic E-state index is 13.4. The van der Waals surface area contributed by atoms with Gasteiger partial charge in [0.15, 0.2) is 0 Å². The summed E-state index contributed by atoms with van der Waals surface area (Å²) in [5, 5.41) is 2.69. The number of amides is 1. The Hall–Kier alpha value is -1.55. The fraction of sp³-hybridized carbons (Fsp3) is 0.182. The van der Waals surface area contributed by atoms with E-state index in [-0.39, 0.29) is 22.9 Å². The smallest absolute Gasteiger partial charge is 0.258 e. The number of benzene rings is 1. The molecule has 1 aromatic rings. The fourth-order valence-corrected chi connectivity index (χ4v) is 1.23. The van der Waals surface area contributed by atoms with Gasteiger partial charge >= 0.3 is 0 Å². The third-order valence-corrected chi connectivity index (χ3v) is 2.00. The Morgan fingerprint density at radius 2 is 2.31 bits per heavy atom. The summed E-state index contributed by atoms with van der Waals surface area (Å²) in [5.41, 5.74) is -0.136. The van der Waals surface area contributed by atoms with E-state index in [0.29, 0.717) is 0 Å². The molecule has 1 rings (SSSR count). The Morgan fingerprint density at radius 1 is 1.62 bits per heavy atom. The second kappa shape index (κ2) is 5.51. The minimum atomic E-state index is -0.642. The van der Waals surface area contributed by atoms with Gasteiger partial charge in [-0.25, -0.2) is 4.39 Å². The van der Waals surface area contributed by atoms with Crippen molar-refractivity contribution < 1.29 is 13.9 Å². The van der Waals surface area contributed by atoms with Crippen LogP contribution >= 0.6 is 11.6 Å². The molecular formula is C11H11ClFNO2. The average molecular weight is 244 g/mol. The Bertz CT molecular complexity index is 420. The van der Waals surface area contributed by atoms with E-state index in [4.69, 9.17) is 16.3 Å². The van der Waals surface area contributed by atoms with Gasteiger partial charge in [0.1, 0.15) is 17.1 Å². The van der Waals surface area contributed by atoms with Gasteiger partial charge < -0.3 is 10.1 Å². The molecule has 1 aromatic carbocycles. The number of methoxy groups -OCH3 is 1. The largest absolute Gasteiger partial charge is 0.496 e. The number of ether oxygens (including phenoxy) is 1. The minimum absolute atomic E-state index is 0.0812. The van der Waals surface area contributed by atoms with Gasteiger partial charge in [0.2, 0.25) is 0 Å². The molecule has 0 fully saturated rings. The molecule has 16 heavy (non-hydrogen) atoms. The molecule has 0 heterocycles. The minimum Gasteiger partial charge on any atom is -0.496 e. The predicted molar refractivity (Wildman–Crippen MR) is 60.3 cm³/mol. The molecule has 86 valence electrons. The highest BCUT2D eigenvalue weighted by Gasteiger charge is 2.16. The standard InChI is InChI=1S/C11H11ClFNO2/c1-7(12)6-14-11(15)10-8(13)4-3-5-9(10)16-2/h3-5H,1,6H2,2H3,(H,14,15). The highest BCUT2D eigenvalue weighted by Crippen LogP contribution is 2.20. The van der Waals surface area contributed by atoms with E-state index >= 15 is 0 Å². The molecule has 3 nitrogen and oxygen atoms in total. The lowest BCUT2D eigenvalue weighted by Crippen LogP contribution is -2.26. The lowest BCUT2D eigenvalue weighted by molar-refractivity contribution is 0.0950. The van der Waals surface area contributed by atoms with Crippen LogP contribution < -0.4 is 10.1 Å². The molecule has 0 saturated carbocycles. The maximum Gasteiger partial charge on any atom is 0.258 e. The molecule has 0 bridgehead atoms. The molecule has 0 atom stereocenters. The van der Waals surface area contributed by atoms with Crippen LogP contribution in [0.3, 0.4) is 0 Å². The molecule has 0 aliphatic rings. The van der Waals surface area contributed by atoms with Crippen LogP contribution in [0.4, 0.5) is 4.39 Å². The van der Waals surface area contributed by atoms with Gasteiger partial charge in [-0.2, -0.15) is 0 Å². The van der Waals surface area contributed by atoms with Crippen molar-refractivity contribution in [2.75, 3.05) is 13.7 Å². The molecule has 1 amide bonds. The maximum atomic E-state index is 13.4. The Kier molecular flexibility index (Phi) is 4.31. The monoisotopic (exact) mass is 243 g/mol. The average Bonchev–Trinajstić information content (AvgIpc) is 2.25. The summed E-state index contributed by atoms with van der Waals surface area (Å²) in [6, 6.07) is 4.16. The van der Waals surface area contributed by atoms with Crippen molar-refractivity contribution in [1.82, 2.24) is 5.32 Å². The van der Waals surface area contributed by atoms with Gasteiger partial charge in [-0.1, -0.05) is 24.2 Å². The van der Waals surface area contributed by atoms with E-state index in [2.05, 4.69) is 11.9 Å². The summed E-state index contributed by atoms with van der Waals surface area (Å²) in [4.78, 5) is 11.6. The number of carbonyl (C=O) groups is 1. The first kappa shape index (κ1) is 12.5. The summed E-state index contributed by atoms with van der Waals surface area (Å²) in [5.74, 6) is -1.05. The normalized spacial score (nSPS) is 9.69. The molecule has 5 heteroatoms. The van der Waals surface area contributed by atoms with Crippen molar-refractivity contribution >= 4 is 17.5 Å². The Morgan fingerprint density at radius 3 is 2.88 bits per heavy atom. The van der Waals surface area contributed by atoms with Crippen LogP contribution in [0.15, 0.2) is 29.8 Å². The van der Waals surface area contributed by atoms with Gasteiger partial charge in [0, 0.05) is 5.03 Å². The van der Waals surface area contributed by atoms with Crippen molar-refractivity contribution in [3.63, 3.8) is 0 Å². The lowest BCUT2D eigenvalue weighted by Gasteiger charge is -2.09. The number of rotatable bonds is 4. The number of carbonyl (C=O) groups excluding carboxylic acids is 1. The summed E-state index contributed by atoms with van der Waals surface area (Å²) in [7, 11) is 1.37. The second-order valence-electron chi connectivity index (χ2n) is 3.02. The molecule has 0 aromatic heterocycles. The molecule has 0 radical (unpaired) electrons. The lowest BCUT2D eigenvalue weighted by atomic mass is 10.1. The van der Waals surface area contributed by atoms with Crippen LogP contribution in [-0.4, -0.2) is 19.6 Å². The number of halogens is 2. The first-order valence-electron chi connectivity index (χ1n) is 4.50. The zero-order valence-corrected chi connectivity index (χ0v) is 9.47. The van der Waals surface area contributed by atoms with E-state index in [1.165, 1.54) is 25.3 Å². The van der Waals surface area contributed by atoms with E-state index in [9.17, 15) is 9.18 Å². The van der Waals surface area contributed by atoms with Gasteiger partial charge in [0.25, 0.3) is 5.91 Å². The molecule has 0 spiro atoms. The van der Waals surface area contributed by atoms with Gasteiger partial charge in [-0.05, 0) is 12.1 Å². The van der Waals surface area contributed by atoms with Crippen molar-refractivity contribution in [3.8, 4) is 5.75 Å². The summed E-state index contributed by atoms with van der Waals surface area (Å²) >= 11 is 5.49. The quantitative estimate of drug-likeness (QED) is 0.881. The Balaban J connectivity index is 2.93. The number of nitrogens with one attached hydrogen (secondary N) is 1. The first-order valence-corrected chi connectivity index (χ1v) is 4.88. The predicted octanol–water partition coefficient (Wildman–Crippen LogP) is 2.32. The molecule has 0 aliphatic carbocycles. The fourth-order valence-electron chi connectivity index (χ4n) is 1.16. The molecule has 0 saturated heterocycles. The van der Waals surface area contributed by atoms with Crippen LogP contribution in [0, 0.1) is 5.82 Å².